The first-order valence-corrected chi connectivity index (χ1v) is 3.82. The van der Waals surface area contributed by atoms with Crippen molar-refractivity contribution >= 4 is 5.97 Å². The Bertz CT molecular complexity index is 171. The van der Waals surface area contributed by atoms with Gasteiger partial charge in [-0.3, -0.25) is 4.90 Å². The largest absolute Gasteiger partial charge is 0.478 e. The van der Waals surface area contributed by atoms with Crippen molar-refractivity contribution in [3.8, 4) is 0 Å². The number of carboxylic acid groups (broad SMARTS) is 1. The van der Waals surface area contributed by atoms with Crippen molar-refractivity contribution in [1.29, 1.82) is 0 Å². The van der Waals surface area contributed by atoms with Gasteiger partial charge in [-0.2, -0.15) is 0 Å². The summed E-state index contributed by atoms with van der Waals surface area (Å²) < 4.78 is 0. The molecule has 0 aliphatic carbocycles. The lowest BCUT2D eigenvalue weighted by atomic mass is 10.1. The third-order valence-electron chi connectivity index (χ3n) is 2.20. The second-order valence-electron chi connectivity index (χ2n) is 2.80. The number of aliphatic carboxylic acids is 1. The molecule has 1 saturated heterocycles. The smallest absolute Gasteiger partial charge is 0.351 e. The van der Waals surface area contributed by atoms with E-state index in [1.54, 1.807) is 4.90 Å². The molecule has 1 atom stereocenters. The average molecular weight is 159 g/mol. The number of carbonyl (C=O) groups is 1. The van der Waals surface area contributed by atoms with E-state index < -0.39 is 11.7 Å². The summed E-state index contributed by atoms with van der Waals surface area (Å²) in [5, 5.41) is 18.2. The summed E-state index contributed by atoms with van der Waals surface area (Å²) >= 11 is 0. The Kier molecular flexibility index (Phi) is 2.15. The Labute approximate surface area is 65.4 Å². The first-order valence-electron chi connectivity index (χ1n) is 3.82. The van der Waals surface area contributed by atoms with Gasteiger partial charge in [0.15, 0.2) is 0 Å². The summed E-state index contributed by atoms with van der Waals surface area (Å²) in [6.07, 6.45) is 1.10. The van der Waals surface area contributed by atoms with Gasteiger partial charge in [-0.05, 0) is 13.0 Å². The number of likely N-dealkylation sites (N-methyl/N-ethyl adjacent to an activating group) is 1. The topological polar surface area (TPSA) is 60.8 Å². The molecule has 1 rings (SSSR count). The molecule has 1 aliphatic heterocycles. The van der Waals surface area contributed by atoms with E-state index in [1.807, 2.05) is 6.92 Å². The summed E-state index contributed by atoms with van der Waals surface area (Å²) in [6, 6.07) is 0. The van der Waals surface area contributed by atoms with Crippen LogP contribution in [0.2, 0.25) is 0 Å². The standard InChI is InChI=1S/C7H13NO3/c1-2-8-5-3-4-7(8,11)6(9)10/h11H,2-5H2,1H3,(H,9,10)/t7-/m1/s1. The fourth-order valence-corrected chi connectivity index (χ4v) is 1.52. The predicted molar refractivity (Wildman–Crippen MR) is 39.1 cm³/mol. The molecular formula is C7H13NO3. The number of hydrogen-bond donors (Lipinski definition) is 2. The van der Waals surface area contributed by atoms with E-state index >= 15 is 0 Å². The summed E-state index contributed by atoms with van der Waals surface area (Å²) in [7, 11) is 0. The lowest BCUT2D eigenvalue weighted by Crippen LogP contribution is -2.50. The van der Waals surface area contributed by atoms with Gasteiger partial charge in [0.25, 0.3) is 0 Å². The zero-order valence-electron chi connectivity index (χ0n) is 6.58. The van der Waals surface area contributed by atoms with Gasteiger partial charge < -0.3 is 10.2 Å². The third-order valence-corrected chi connectivity index (χ3v) is 2.20. The number of rotatable bonds is 2. The van der Waals surface area contributed by atoms with Crippen LogP contribution in [0.5, 0.6) is 0 Å². The maximum atomic E-state index is 10.6. The molecule has 64 valence electrons. The van der Waals surface area contributed by atoms with Gasteiger partial charge in [-0.1, -0.05) is 6.92 Å². The lowest BCUT2D eigenvalue weighted by Gasteiger charge is -2.27. The quantitative estimate of drug-likeness (QED) is 0.589. The summed E-state index contributed by atoms with van der Waals surface area (Å²) in [5.41, 5.74) is -1.59. The van der Waals surface area contributed by atoms with E-state index in [0.717, 1.165) is 6.42 Å². The fourth-order valence-electron chi connectivity index (χ4n) is 1.52. The summed E-state index contributed by atoms with van der Waals surface area (Å²) in [6.45, 7) is 3.11. The average Bonchev–Trinajstić information content (AvgIpc) is 2.32. The molecule has 0 amide bonds. The molecule has 0 spiro atoms. The van der Waals surface area contributed by atoms with Crippen molar-refractivity contribution in [2.24, 2.45) is 0 Å². The van der Waals surface area contributed by atoms with E-state index in [1.165, 1.54) is 0 Å². The molecule has 4 nitrogen and oxygen atoms in total. The monoisotopic (exact) mass is 159 g/mol. The highest BCUT2D eigenvalue weighted by molar-refractivity contribution is 5.76. The molecule has 1 heterocycles. The molecule has 0 bridgehead atoms. The van der Waals surface area contributed by atoms with Crippen LogP contribution in [0.1, 0.15) is 19.8 Å². The molecule has 11 heavy (non-hydrogen) atoms. The number of aliphatic hydroxyl groups is 1. The van der Waals surface area contributed by atoms with Crippen LogP contribution < -0.4 is 0 Å². The van der Waals surface area contributed by atoms with E-state index in [0.29, 0.717) is 19.5 Å². The van der Waals surface area contributed by atoms with Gasteiger partial charge >= 0.3 is 5.97 Å². The van der Waals surface area contributed by atoms with Crippen molar-refractivity contribution in [2.75, 3.05) is 13.1 Å². The van der Waals surface area contributed by atoms with Gasteiger partial charge in [0, 0.05) is 13.0 Å². The minimum absolute atomic E-state index is 0.343. The van der Waals surface area contributed by atoms with Crippen molar-refractivity contribution < 1.29 is 15.0 Å². The first kappa shape index (κ1) is 8.49. The Morgan fingerprint density at radius 2 is 2.36 bits per heavy atom. The molecule has 0 aromatic heterocycles. The van der Waals surface area contributed by atoms with Crippen LogP contribution in [0, 0.1) is 0 Å². The molecule has 1 fully saturated rings. The molecule has 4 heteroatoms. The maximum Gasteiger partial charge on any atom is 0.351 e. The normalized spacial score (nSPS) is 32.5. The van der Waals surface area contributed by atoms with Crippen molar-refractivity contribution in [3.63, 3.8) is 0 Å². The second-order valence-corrected chi connectivity index (χ2v) is 2.80. The van der Waals surface area contributed by atoms with Crippen LogP contribution in [0.25, 0.3) is 0 Å². The van der Waals surface area contributed by atoms with Crippen LogP contribution in [0.4, 0.5) is 0 Å². The third kappa shape index (κ3) is 1.23. The zero-order valence-corrected chi connectivity index (χ0v) is 6.58. The highest BCUT2D eigenvalue weighted by Crippen LogP contribution is 2.26. The van der Waals surface area contributed by atoms with Gasteiger partial charge in [-0.15, -0.1) is 0 Å². The van der Waals surface area contributed by atoms with E-state index in [4.69, 9.17) is 5.11 Å². The van der Waals surface area contributed by atoms with Crippen LogP contribution in [-0.2, 0) is 4.79 Å². The molecule has 0 saturated carbocycles. The number of hydrogen-bond acceptors (Lipinski definition) is 3. The highest BCUT2D eigenvalue weighted by Gasteiger charge is 2.44. The van der Waals surface area contributed by atoms with Gasteiger partial charge in [-0.25, -0.2) is 4.79 Å². The van der Waals surface area contributed by atoms with Crippen molar-refractivity contribution in [2.45, 2.75) is 25.5 Å². The molecule has 0 unspecified atom stereocenters. The predicted octanol–water partition coefficient (Wildman–Crippen LogP) is -0.125. The Morgan fingerprint density at radius 1 is 1.73 bits per heavy atom. The van der Waals surface area contributed by atoms with E-state index in [9.17, 15) is 9.90 Å². The summed E-state index contributed by atoms with van der Waals surface area (Å²) in [4.78, 5) is 12.2. The fraction of sp³-hybridized carbons (Fsp3) is 0.857. The van der Waals surface area contributed by atoms with Crippen molar-refractivity contribution in [1.82, 2.24) is 4.90 Å². The van der Waals surface area contributed by atoms with E-state index in [2.05, 4.69) is 0 Å². The van der Waals surface area contributed by atoms with Gasteiger partial charge in [0.05, 0.1) is 0 Å². The maximum absolute atomic E-state index is 10.6. The molecular weight excluding hydrogens is 146 g/mol. The van der Waals surface area contributed by atoms with Crippen LogP contribution >= 0.6 is 0 Å². The molecule has 0 aromatic carbocycles. The molecule has 0 aromatic rings. The molecule has 1 aliphatic rings. The van der Waals surface area contributed by atoms with Crippen molar-refractivity contribution in [3.05, 3.63) is 0 Å². The van der Waals surface area contributed by atoms with Gasteiger partial charge in [0.1, 0.15) is 0 Å². The molecule has 2 N–H and O–H groups in total. The lowest BCUT2D eigenvalue weighted by molar-refractivity contribution is -0.175. The van der Waals surface area contributed by atoms with E-state index in [-0.39, 0.29) is 0 Å². The SMILES string of the molecule is CCN1CCC[C@@]1(O)C(=O)O. The Morgan fingerprint density at radius 3 is 2.73 bits per heavy atom. The Balaban J connectivity index is 2.75. The van der Waals surface area contributed by atoms with Gasteiger partial charge in [0.2, 0.25) is 5.72 Å². The molecule has 0 radical (unpaired) electrons. The van der Waals surface area contributed by atoms with Crippen LogP contribution in [0.3, 0.4) is 0 Å². The highest BCUT2D eigenvalue weighted by atomic mass is 16.4. The summed E-state index contributed by atoms with van der Waals surface area (Å²) in [5.74, 6) is -1.13. The minimum atomic E-state index is -1.59. The first-order chi connectivity index (χ1) is 5.11. The zero-order chi connectivity index (χ0) is 8.48. The second kappa shape index (κ2) is 2.79. The van der Waals surface area contributed by atoms with Crippen LogP contribution in [0.15, 0.2) is 0 Å². The number of carboxylic acids is 1. The Hall–Kier alpha value is -0.610. The number of nitrogens with zero attached hydrogens (tertiary/aromatic N) is 1. The minimum Gasteiger partial charge on any atom is -0.478 e. The van der Waals surface area contributed by atoms with Crippen LogP contribution in [-0.4, -0.2) is 39.9 Å². The number of likely N-dealkylation sites (tertiary alicyclic amines) is 1.